The maximum Gasteiger partial charge on any atom is 0.146 e. The lowest BCUT2D eigenvalue weighted by atomic mass is 9.87. The smallest absolute Gasteiger partial charge is 0.125 e. The monoisotopic (exact) mass is 762 g/mol. The van der Waals surface area contributed by atoms with Crippen LogP contribution in [0.15, 0.2) is 97.1 Å². The summed E-state index contributed by atoms with van der Waals surface area (Å²) in [6.07, 6.45) is 0. The number of benzene rings is 8. The van der Waals surface area contributed by atoms with E-state index in [9.17, 15) is 0 Å². The second kappa shape index (κ2) is 14.1. The van der Waals surface area contributed by atoms with E-state index in [1.165, 1.54) is 86.5 Å². The van der Waals surface area contributed by atoms with Crippen molar-refractivity contribution in [3.05, 3.63) is 108 Å². The Balaban J connectivity index is 1.53. The summed E-state index contributed by atoms with van der Waals surface area (Å²) < 4.78 is 0. The Morgan fingerprint density at radius 3 is 0.911 bits per heavy atom. The molecule has 0 amide bonds. The fraction of sp³-hybridized carbons (Fsp3) is 0.333. The van der Waals surface area contributed by atoms with Crippen LogP contribution >= 0.6 is 0 Å². The van der Waals surface area contributed by atoms with Gasteiger partial charge in [-0.2, -0.15) is 0 Å². The fourth-order valence-electron chi connectivity index (χ4n) is 11.5. The zero-order valence-corrected chi connectivity index (χ0v) is 37.7. The third kappa shape index (κ3) is 5.63. The lowest BCUT2D eigenvalue weighted by molar-refractivity contribution is 0.838. The molecular formula is C54H58Si2. The van der Waals surface area contributed by atoms with E-state index in [-0.39, 0.29) is 0 Å². The van der Waals surface area contributed by atoms with E-state index in [1.807, 2.05) is 0 Å². The molecule has 0 aliphatic heterocycles. The van der Waals surface area contributed by atoms with Gasteiger partial charge in [0.25, 0.3) is 0 Å². The molecule has 0 aliphatic rings. The zero-order chi connectivity index (χ0) is 39.8. The van der Waals surface area contributed by atoms with Gasteiger partial charge in [-0.1, -0.05) is 168 Å². The molecular weight excluding hydrogens is 705 g/mol. The molecule has 2 heteroatoms. The molecule has 0 fully saturated rings. The molecule has 56 heavy (non-hydrogen) atoms. The van der Waals surface area contributed by atoms with Crippen molar-refractivity contribution in [2.45, 2.75) is 116 Å². The Morgan fingerprint density at radius 2 is 0.607 bits per heavy atom. The van der Waals surface area contributed by atoms with Crippen LogP contribution < -0.4 is 0 Å². The Morgan fingerprint density at radius 1 is 0.321 bits per heavy atom. The minimum atomic E-state index is -1.99. The Hall–Kier alpha value is -4.61. The van der Waals surface area contributed by atoms with Crippen LogP contribution in [0.3, 0.4) is 0 Å². The van der Waals surface area contributed by atoms with Crippen LogP contribution in [-0.4, -0.2) is 16.1 Å². The average Bonchev–Trinajstić information content (AvgIpc) is 3.15. The first-order valence-corrected chi connectivity index (χ1v) is 25.7. The van der Waals surface area contributed by atoms with Gasteiger partial charge < -0.3 is 0 Å². The van der Waals surface area contributed by atoms with Crippen molar-refractivity contribution in [3.63, 3.8) is 0 Å². The van der Waals surface area contributed by atoms with Gasteiger partial charge in [0.2, 0.25) is 0 Å². The van der Waals surface area contributed by atoms with Crippen molar-refractivity contribution >= 4 is 91.6 Å². The van der Waals surface area contributed by atoms with Gasteiger partial charge in [-0.3, -0.25) is 0 Å². The molecule has 282 valence electrons. The molecule has 0 radical (unpaired) electrons. The summed E-state index contributed by atoms with van der Waals surface area (Å²) in [5.41, 5.74) is 14.0. The summed E-state index contributed by atoms with van der Waals surface area (Å²) >= 11 is 0. The van der Waals surface area contributed by atoms with Crippen molar-refractivity contribution in [2.75, 3.05) is 0 Å². The summed E-state index contributed by atoms with van der Waals surface area (Å²) in [7, 11) is -3.97. The maximum atomic E-state index is 4.13. The first-order chi connectivity index (χ1) is 26.7. The van der Waals surface area contributed by atoms with Gasteiger partial charge in [-0.05, 0) is 133 Å². The van der Waals surface area contributed by atoms with Crippen LogP contribution in [0.1, 0.15) is 94.2 Å². The van der Waals surface area contributed by atoms with E-state index in [0.717, 1.165) is 0 Å². The highest BCUT2D eigenvalue weighted by molar-refractivity contribution is 6.91. The zero-order valence-electron chi connectivity index (χ0n) is 35.7. The van der Waals surface area contributed by atoms with Crippen LogP contribution in [0.25, 0.3) is 75.4 Å². The number of rotatable bonds is 6. The van der Waals surface area contributed by atoms with Crippen LogP contribution in [-0.2, 0) is 0 Å². The molecule has 0 aliphatic carbocycles. The van der Waals surface area contributed by atoms with Gasteiger partial charge in [0, 0.05) is 11.1 Å². The normalized spacial score (nSPS) is 13.0. The lowest BCUT2D eigenvalue weighted by Crippen LogP contribution is -2.43. The van der Waals surface area contributed by atoms with Crippen molar-refractivity contribution < 1.29 is 0 Å². The van der Waals surface area contributed by atoms with Gasteiger partial charge in [0.05, 0.1) is 0 Å². The molecule has 0 atom stereocenters. The van der Waals surface area contributed by atoms with E-state index in [0.29, 0.717) is 33.2 Å². The quantitative estimate of drug-likeness (QED) is 0.0685. The van der Waals surface area contributed by atoms with Gasteiger partial charge in [-0.25, -0.2) is 0 Å². The predicted octanol–water partition coefficient (Wildman–Crippen LogP) is 16.3. The molecule has 8 aromatic rings. The summed E-state index contributed by atoms with van der Waals surface area (Å²) in [4.78, 5) is 0. The highest BCUT2D eigenvalue weighted by atomic mass is 28.3. The highest BCUT2D eigenvalue weighted by Crippen LogP contribution is 2.45. The number of fused-ring (bicyclic) bond motifs is 5. The molecule has 0 saturated carbocycles. The van der Waals surface area contributed by atoms with E-state index in [1.54, 1.807) is 0 Å². The molecule has 8 aromatic carbocycles. The molecule has 0 nitrogen and oxygen atoms in total. The van der Waals surface area contributed by atoms with E-state index in [2.05, 4.69) is 203 Å². The standard InChI is InChI=1S/C54H58Si2/c1-33(2)55(34(3)4,35(5)6)27-25-43-45-21-13-17-39-19-15-23-47(53(39)45)51-31-42-30-50-44(26-28-56(36(7)8,37(9)10)38(11)12)46-22-14-18-40-20-16-24-48(54(40)46)52(50)32-41(42)29-49(43)51/h13-24,29-38H,1-12H3. The van der Waals surface area contributed by atoms with E-state index in [4.69, 9.17) is 0 Å². The van der Waals surface area contributed by atoms with Gasteiger partial charge >= 0.3 is 0 Å². The van der Waals surface area contributed by atoms with Gasteiger partial charge in [-0.15, -0.1) is 11.1 Å². The molecule has 0 heterocycles. The SMILES string of the molecule is CC(C)[Si](C#Cc1c2cc3cc4c(cc3cc2c2cccc3cccc1c32)c(C#C[Si](C(C)C)(C(C)C)C(C)C)c1cccc2cccc4c21)(C(C)C)C(C)C. The summed E-state index contributed by atoms with van der Waals surface area (Å²) in [6, 6.07) is 37.1. The van der Waals surface area contributed by atoms with Crippen molar-refractivity contribution in [3.8, 4) is 22.9 Å². The summed E-state index contributed by atoms with van der Waals surface area (Å²) in [5.74, 6) is 7.99. The predicted molar refractivity (Wildman–Crippen MR) is 256 cm³/mol. The van der Waals surface area contributed by atoms with Crippen LogP contribution in [0, 0.1) is 22.9 Å². The van der Waals surface area contributed by atoms with Crippen LogP contribution in [0.4, 0.5) is 0 Å². The first kappa shape index (κ1) is 38.3. The Labute approximate surface area is 337 Å². The van der Waals surface area contributed by atoms with E-state index < -0.39 is 16.1 Å². The largest absolute Gasteiger partial charge is 0.146 e. The van der Waals surface area contributed by atoms with E-state index >= 15 is 0 Å². The van der Waals surface area contributed by atoms with Crippen LogP contribution in [0.5, 0.6) is 0 Å². The third-order valence-electron chi connectivity index (χ3n) is 14.1. The highest BCUT2D eigenvalue weighted by Gasteiger charge is 2.43. The van der Waals surface area contributed by atoms with Crippen molar-refractivity contribution in [1.29, 1.82) is 0 Å². The van der Waals surface area contributed by atoms with Gasteiger partial charge in [0.15, 0.2) is 0 Å². The second-order valence-electron chi connectivity index (χ2n) is 18.6. The molecule has 8 rings (SSSR count). The molecule has 0 unspecified atom stereocenters. The lowest BCUT2D eigenvalue weighted by Gasteiger charge is -2.38. The summed E-state index contributed by atoms with van der Waals surface area (Å²) in [5, 5.41) is 18.0. The Kier molecular flexibility index (Phi) is 9.63. The summed E-state index contributed by atoms with van der Waals surface area (Å²) in [6.45, 7) is 29.0. The average molecular weight is 763 g/mol. The first-order valence-electron chi connectivity index (χ1n) is 21.2. The number of hydrogen-bond donors (Lipinski definition) is 0. The minimum Gasteiger partial charge on any atom is -0.125 e. The van der Waals surface area contributed by atoms with Gasteiger partial charge in [0.1, 0.15) is 16.1 Å². The maximum absolute atomic E-state index is 4.13. The number of hydrogen-bond acceptors (Lipinski definition) is 0. The molecule has 0 saturated heterocycles. The van der Waals surface area contributed by atoms with Crippen molar-refractivity contribution in [2.24, 2.45) is 0 Å². The molecule has 0 aromatic heterocycles. The topological polar surface area (TPSA) is 0 Å². The van der Waals surface area contributed by atoms with Crippen molar-refractivity contribution in [1.82, 2.24) is 0 Å². The third-order valence-corrected chi connectivity index (χ3v) is 26.7. The second-order valence-corrected chi connectivity index (χ2v) is 29.8. The minimum absolute atomic E-state index is 0.568. The fourth-order valence-corrected chi connectivity index (χ4v) is 21.9. The molecule has 0 bridgehead atoms. The Bertz CT molecular complexity index is 2690. The molecule has 0 spiro atoms. The van der Waals surface area contributed by atoms with Crippen LogP contribution in [0.2, 0.25) is 33.2 Å². The molecule has 0 N–H and O–H groups in total.